The second-order valence-electron chi connectivity index (χ2n) is 3.39. The molecule has 0 saturated heterocycles. The highest BCUT2D eigenvalue weighted by Crippen LogP contribution is 2.26. The number of benzene rings is 1. The first kappa shape index (κ1) is 11.6. The summed E-state index contributed by atoms with van der Waals surface area (Å²) in [5.41, 5.74) is 0.359. The monoisotopic (exact) mass is 214 g/mol. The van der Waals surface area contributed by atoms with Gasteiger partial charge in [-0.05, 0) is 19.9 Å². The molecule has 4 heteroatoms. The van der Waals surface area contributed by atoms with E-state index in [9.17, 15) is 13.6 Å². The van der Waals surface area contributed by atoms with Crippen LogP contribution in [-0.4, -0.2) is 12.4 Å². The van der Waals surface area contributed by atoms with Crippen LogP contribution in [0.4, 0.5) is 8.78 Å². The van der Waals surface area contributed by atoms with Crippen molar-refractivity contribution < 1.29 is 18.3 Å². The summed E-state index contributed by atoms with van der Waals surface area (Å²) >= 11 is 0. The average Bonchev–Trinajstić information content (AvgIpc) is 2.17. The summed E-state index contributed by atoms with van der Waals surface area (Å²) in [6, 6.07) is 2.34. The number of aldehydes is 1. The highest BCUT2D eigenvalue weighted by Gasteiger charge is 2.15. The van der Waals surface area contributed by atoms with Gasteiger partial charge in [0.15, 0.2) is 11.6 Å². The lowest BCUT2D eigenvalue weighted by molar-refractivity contribution is -0.107. The molecule has 0 saturated carbocycles. The van der Waals surface area contributed by atoms with Crippen molar-refractivity contribution in [3.8, 4) is 5.75 Å². The van der Waals surface area contributed by atoms with E-state index < -0.39 is 11.6 Å². The Morgan fingerprint density at radius 3 is 2.60 bits per heavy atom. The number of rotatable bonds is 4. The maximum absolute atomic E-state index is 13.3. The maximum atomic E-state index is 13.3. The van der Waals surface area contributed by atoms with Gasteiger partial charge in [-0.15, -0.1) is 0 Å². The lowest BCUT2D eigenvalue weighted by Crippen LogP contribution is -2.10. The molecule has 0 atom stereocenters. The summed E-state index contributed by atoms with van der Waals surface area (Å²) < 4.78 is 31.4. The average molecular weight is 214 g/mol. The molecule has 0 aliphatic carbocycles. The first-order chi connectivity index (χ1) is 7.06. The van der Waals surface area contributed by atoms with Crippen molar-refractivity contribution in [3.05, 3.63) is 29.3 Å². The van der Waals surface area contributed by atoms with Crippen LogP contribution in [0, 0.1) is 11.6 Å². The summed E-state index contributed by atoms with van der Waals surface area (Å²) in [4.78, 5) is 10.3. The van der Waals surface area contributed by atoms with Crippen molar-refractivity contribution in [3.63, 3.8) is 0 Å². The first-order valence-electron chi connectivity index (χ1n) is 4.63. The second-order valence-corrected chi connectivity index (χ2v) is 3.39. The number of hydrogen-bond acceptors (Lipinski definition) is 2. The van der Waals surface area contributed by atoms with E-state index in [1.165, 1.54) is 6.07 Å². The minimum atomic E-state index is -1.04. The van der Waals surface area contributed by atoms with Gasteiger partial charge in [-0.25, -0.2) is 4.39 Å². The largest absolute Gasteiger partial charge is 0.488 e. The summed E-state index contributed by atoms with van der Waals surface area (Å²) in [6.07, 6.45) is 0.366. The predicted octanol–water partition coefficient (Wildman–Crippen LogP) is 2.49. The Labute approximate surface area is 86.9 Å². The fourth-order valence-corrected chi connectivity index (χ4v) is 1.19. The molecule has 0 fully saturated rings. The topological polar surface area (TPSA) is 26.3 Å². The van der Waals surface area contributed by atoms with E-state index in [1.807, 2.05) is 0 Å². The van der Waals surface area contributed by atoms with Crippen LogP contribution in [-0.2, 0) is 11.2 Å². The molecule has 0 aliphatic rings. The third-order valence-corrected chi connectivity index (χ3v) is 1.79. The van der Waals surface area contributed by atoms with Crippen LogP contribution in [0.1, 0.15) is 19.4 Å². The SMILES string of the molecule is CC(C)Oc1c(CC=O)ccc(F)c1F. The van der Waals surface area contributed by atoms with Gasteiger partial charge in [0, 0.05) is 12.0 Å². The molecule has 0 N–H and O–H groups in total. The number of halogens is 2. The molecule has 1 aromatic carbocycles. The first-order valence-corrected chi connectivity index (χ1v) is 4.63. The van der Waals surface area contributed by atoms with E-state index in [0.717, 1.165) is 6.07 Å². The van der Waals surface area contributed by atoms with Gasteiger partial charge in [0.05, 0.1) is 6.10 Å². The molecule has 0 amide bonds. The Kier molecular flexibility index (Phi) is 3.77. The van der Waals surface area contributed by atoms with E-state index in [1.54, 1.807) is 13.8 Å². The Hall–Kier alpha value is -1.45. The molecule has 1 rings (SSSR count). The van der Waals surface area contributed by atoms with Crippen LogP contribution < -0.4 is 4.74 Å². The van der Waals surface area contributed by atoms with E-state index in [0.29, 0.717) is 11.8 Å². The van der Waals surface area contributed by atoms with E-state index >= 15 is 0 Å². The second kappa shape index (κ2) is 4.87. The molecule has 0 unspecified atom stereocenters. The van der Waals surface area contributed by atoms with Gasteiger partial charge in [-0.1, -0.05) is 6.07 Å². The Morgan fingerprint density at radius 1 is 1.40 bits per heavy atom. The molecule has 0 radical (unpaired) electrons. The summed E-state index contributed by atoms with van der Waals surface area (Å²) in [6.45, 7) is 3.41. The third-order valence-electron chi connectivity index (χ3n) is 1.79. The third kappa shape index (κ3) is 2.75. The molecular formula is C11H12F2O2. The fraction of sp³-hybridized carbons (Fsp3) is 0.364. The van der Waals surface area contributed by atoms with Crippen molar-refractivity contribution in [2.45, 2.75) is 26.4 Å². The van der Waals surface area contributed by atoms with Gasteiger partial charge in [0.25, 0.3) is 0 Å². The zero-order valence-corrected chi connectivity index (χ0v) is 8.59. The lowest BCUT2D eigenvalue weighted by Gasteiger charge is -2.14. The highest BCUT2D eigenvalue weighted by molar-refractivity contribution is 5.57. The van der Waals surface area contributed by atoms with Crippen LogP contribution in [0.3, 0.4) is 0 Å². The fourth-order valence-electron chi connectivity index (χ4n) is 1.19. The minimum absolute atomic E-state index is 0.0131. The van der Waals surface area contributed by atoms with Crippen LogP contribution in [0.15, 0.2) is 12.1 Å². The van der Waals surface area contributed by atoms with Gasteiger partial charge in [-0.3, -0.25) is 0 Å². The number of carbonyl (C=O) groups excluding carboxylic acids is 1. The standard InChI is InChI=1S/C11H12F2O2/c1-7(2)15-11-8(5-6-14)3-4-9(12)10(11)13/h3-4,6-7H,5H2,1-2H3. The molecule has 1 aromatic rings. The van der Waals surface area contributed by atoms with Crippen LogP contribution in [0.2, 0.25) is 0 Å². The normalized spacial score (nSPS) is 10.5. The van der Waals surface area contributed by atoms with Crippen LogP contribution >= 0.6 is 0 Å². The summed E-state index contributed by atoms with van der Waals surface area (Å²) in [5.74, 6) is -2.18. The van der Waals surface area contributed by atoms with Gasteiger partial charge in [0.2, 0.25) is 5.82 Å². The number of carbonyl (C=O) groups is 1. The van der Waals surface area contributed by atoms with E-state index in [2.05, 4.69) is 0 Å². The van der Waals surface area contributed by atoms with Crippen molar-refractivity contribution in [1.29, 1.82) is 0 Å². The molecular weight excluding hydrogens is 202 g/mol. The Morgan fingerprint density at radius 2 is 2.07 bits per heavy atom. The molecule has 0 heterocycles. The molecule has 15 heavy (non-hydrogen) atoms. The van der Waals surface area contributed by atoms with E-state index in [4.69, 9.17) is 4.74 Å². The molecule has 0 bridgehead atoms. The van der Waals surface area contributed by atoms with E-state index in [-0.39, 0.29) is 18.3 Å². The highest BCUT2D eigenvalue weighted by atomic mass is 19.2. The molecule has 0 aliphatic heterocycles. The van der Waals surface area contributed by atoms with Gasteiger partial charge < -0.3 is 9.53 Å². The van der Waals surface area contributed by atoms with Crippen molar-refractivity contribution in [2.75, 3.05) is 0 Å². The maximum Gasteiger partial charge on any atom is 0.200 e. The number of ether oxygens (including phenoxy) is 1. The van der Waals surface area contributed by atoms with Gasteiger partial charge in [-0.2, -0.15) is 4.39 Å². The van der Waals surface area contributed by atoms with Crippen molar-refractivity contribution in [2.24, 2.45) is 0 Å². The zero-order chi connectivity index (χ0) is 11.4. The number of hydrogen-bond donors (Lipinski definition) is 0. The summed E-state index contributed by atoms with van der Waals surface area (Å²) in [7, 11) is 0. The lowest BCUT2D eigenvalue weighted by atomic mass is 10.1. The quantitative estimate of drug-likeness (QED) is 0.720. The van der Waals surface area contributed by atoms with Gasteiger partial charge >= 0.3 is 0 Å². The Balaban J connectivity index is 3.15. The van der Waals surface area contributed by atoms with Crippen molar-refractivity contribution in [1.82, 2.24) is 0 Å². The molecule has 82 valence electrons. The van der Waals surface area contributed by atoms with Gasteiger partial charge in [0.1, 0.15) is 6.29 Å². The van der Waals surface area contributed by atoms with Crippen LogP contribution in [0.5, 0.6) is 5.75 Å². The molecule has 2 nitrogen and oxygen atoms in total. The molecule has 0 spiro atoms. The zero-order valence-electron chi connectivity index (χ0n) is 8.59. The Bertz CT molecular complexity index is 362. The molecule has 0 aromatic heterocycles. The summed E-state index contributed by atoms with van der Waals surface area (Å²) in [5, 5.41) is 0. The smallest absolute Gasteiger partial charge is 0.200 e. The minimum Gasteiger partial charge on any atom is -0.488 e. The van der Waals surface area contributed by atoms with Crippen LogP contribution in [0.25, 0.3) is 0 Å². The van der Waals surface area contributed by atoms with Crippen molar-refractivity contribution >= 4 is 6.29 Å². The predicted molar refractivity (Wildman–Crippen MR) is 51.9 cm³/mol.